The molecule has 10 heteroatoms. The van der Waals surface area contributed by atoms with Gasteiger partial charge < -0.3 is 15.0 Å². The molecule has 35 heavy (non-hydrogen) atoms. The third-order valence-corrected chi connectivity index (χ3v) is 5.59. The summed E-state index contributed by atoms with van der Waals surface area (Å²) in [6.07, 6.45) is 6.14. The summed E-state index contributed by atoms with van der Waals surface area (Å²) in [7, 11) is 1.54. The van der Waals surface area contributed by atoms with Gasteiger partial charge in [-0.2, -0.15) is 5.26 Å². The molecule has 1 aliphatic rings. The highest BCUT2D eigenvalue weighted by atomic mass is 19.3. The maximum atomic E-state index is 13.6. The highest BCUT2D eigenvalue weighted by Gasteiger charge is 2.47. The molecule has 0 bridgehead atoms. The van der Waals surface area contributed by atoms with Crippen molar-refractivity contribution >= 4 is 34.9 Å². The first-order valence-electron chi connectivity index (χ1n) is 10.7. The van der Waals surface area contributed by atoms with Crippen LogP contribution in [0.1, 0.15) is 27.9 Å². The van der Waals surface area contributed by atoms with Gasteiger partial charge in [0.05, 0.1) is 37.3 Å². The average Bonchev–Trinajstić information content (AvgIpc) is 3.20. The lowest BCUT2D eigenvalue weighted by Crippen LogP contribution is -2.43. The zero-order valence-electron chi connectivity index (χ0n) is 18.7. The van der Waals surface area contributed by atoms with Crippen LogP contribution >= 0.6 is 0 Å². The number of carbonyl (C=O) groups is 2. The Kier molecular flexibility index (Phi) is 6.68. The molecule has 1 N–H and O–H groups in total. The van der Waals surface area contributed by atoms with Gasteiger partial charge >= 0.3 is 0 Å². The Bertz CT molecular complexity index is 1350. The molecule has 1 aromatic carbocycles. The van der Waals surface area contributed by atoms with Crippen LogP contribution in [0.4, 0.5) is 8.78 Å². The van der Waals surface area contributed by atoms with Crippen LogP contribution in [0.3, 0.4) is 0 Å². The Labute approximate surface area is 199 Å². The van der Waals surface area contributed by atoms with E-state index < -0.39 is 43.3 Å². The highest BCUT2D eigenvalue weighted by molar-refractivity contribution is 6.07. The zero-order chi connectivity index (χ0) is 25.0. The van der Waals surface area contributed by atoms with E-state index in [9.17, 15) is 18.4 Å². The number of benzene rings is 1. The Balaban J connectivity index is 1.50. The Hall–Kier alpha value is -4.39. The number of carbonyl (C=O) groups excluding carboxylic acids is 2. The second-order valence-corrected chi connectivity index (χ2v) is 8.01. The van der Waals surface area contributed by atoms with Gasteiger partial charge in [-0.3, -0.25) is 14.6 Å². The van der Waals surface area contributed by atoms with E-state index in [4.69, 9.17) is 10.00 Å². The standard InChI is InChI=1S/C25H21F2N5O3/c1-35-22-11-17(6-8-30-22)3-2-16-4-5-21-20(10-16)19(7-9-29-21)24(34)31-14-23(33)32-15-25(26,27)12-18(32)13-28/h2-11,18H,12,14-15H2,1H3,(H,31,34)/b3-2+. The third kappa shape index (κ3) is 5.41. The predicted octanol–water partition coefficient (Wildman–Crippen LogP) is 3.30. The number of nitriles is 1. The molecule has 4 rings (SSSR count). The van der Waals surface area contributed by atoms with Gasteiger partial charge in [0.1, 0.15) is 6.04 Å². The number of halogens is 2. The molecule has 1 aliphatic heterocycles. The second kappa shape index (κ2) is 9.85. The van der Waals surface area contributed by atoms with E-state index in [1.807, 2.05) is 24.3 Å². The molecule has 3 aromatic rings. The SMILES string of the molecule is COc1cc(/C=C/c2ccc3nccc(C(=O)NCC(=O)N4CC(F)(F)CC4C#N)c3c2)ccn1. The number of methoxy groups -OCH3 is 1. The summed E-state index contributed by atoms with van der Waals surface area (Å²) in [5, 5.41) is 12.1. The summed E-state index contributed by atoms with van der Waals surface area (Å²) in [6, 6.07) is 11.0. The van der Waals surface area contributed by atoms with Crippen molar-refractivity contribution in [2.75, 3.05) is 20.2 Å². The topological polar surface area (TPSA) is 108 Å². The summed E-state index contributed by atoms with van der Waals surface area (Å²) in [6.45, 7) is -1.34. The minimum Gasteiger partial charge on any atom is -0.481 e. The van der Waals surface area contributed by atoms with Gasteiger partial charge in [0.25, 0.3) is 11.8 Å². The van der Waals surface area contributed by atoms with Gasteiger partial charge in [0.2, 0.25) is 11.8 Å². The van der Waals surface area contributed by atoms with Gasteiger partial charge in [0, 0.05) is 30.3 Å². The van der Waals surface area contributed by atoms with Crippen molar-refractivity contribution in [1.29, 1.82) is 5.26 Å². The number of ether oxygens (including phenoxy) is 1. The fourth-order valence-electron chi connectivity index (χ4n) is 3.85. The van der Waals surface area contributed by atoms with Crippen LogP contribution in [0, 0.1) is 11.3 Å². The highest BCUT2D eigenvalue weighted by Crippen LogP contribution is 2.31. The van der Waals surface area contributed by atoms with E-state index >= 15 is 0 Å². The number of fused-ring (bicyclic) bond motifs is 1. The molecule has 0 spiro atoms. The summed E-state index contributed by atoms with van der Waals surface area (Å²) in [4.78, 5) is 34.4. The normalized spacial score (nSPS) is 16.9. The van der Waals surface area contributed by atoms with Crippen molar-refractivity contribution in [1.82, 2.24) is 20.2 Å². The molecule has 2 aromatic heterocycles. The van der Waals surface area contributed by atoms with Crippen molar-refractivity contribution in [2.24, 2.45) is 0 Å². The van der Waals surface area contributed by atoms with Crippen LogP contribution in [0.15, 0.2) is 48.8 Å². The molecule has 178 valence electrons. The average molecular weight is 477 g/mol. The number of nitrogens with zero attached hydrogens (tertiary/aromatic N) is 4. The molecule has 0 radical (unpaired) electrons. The van der Waals surface area contributed by atoms with Crippen LogP contribution in [-0.2, 0) is 4.79 Å². The van der Waals surface area contributed by atoms with Crippen molar-refractivity contribution in [2.45, 2.75) is 18.4 Å². The number of aromatic nitrogens is 2. The van der Waals surface area contributed by atoms with Crippen molar-refractivity contribution < 1.29 is 23.1 Å². The largest absolute Gasteiger partial charge is 0.481 e. The van der Waals surface area contributed by atoms with Crippen molar-refractivity contribution in [3.8, 4) is 11.9 Å². The second-order valence-electron chi connectivity index (χ2n) is 8.01. The fraction of sp³-hybridized carbons (Fsp3) is 0.240. The number of hydrogen-bond acceptors (Lipinski definition) is 6. The quantitative estimate of drug-likeness (QED) is 0.584. The lowest BCUT2D eigenvalue weighted by atomic mass is 10.0. The molecule has 8 nitrogen and oxygen atoms in total. The predicted molar refractivity (Wildman–Crippen MR) is 124 cm³/mol. The summed E-state index contributed by atoms with van der Waals surface area (Å²) >= 11 is 0. The van der Waals surface area contributed by atoms with E-state index in [0.717, 1.165) is 16.0 Å². The number of nitrogens with one attached hydrogen (secondary N) is 1. The minimum atomic E-state index is -3.12. The number of amides is 2. The molecule has 3 heterocycles. The maximum absolute atomic E-state index is 13.6. The molecule has 1 atom stereocenters. The van der Waals surface area contributed by atoms with Crippen molar-refractivity contribution in [3.63, 3.8) is 0 Å². The van der Waals surface area contributed by atoms with E-state index in [1.54, 1.807) is 30.5 Å². The Morgan fingerprint density at radius 2 is 1.94 bits per heavy atom. The van der Waals surface area contributed by atoms with Gasteiger partial charge in [-0.1, -0.05) is 18.2 Å². The number of alkyl halides is 2. The summed E-state index contributed by atoms with van der Waals surface area (Å²) < 4.78 is 32.4. The molecule has 1 unspecified atom stereocenters. The van der Waals surface area contributed by atoms with Gasteiger partial charge in [-0.05, 0) is 35.4 Å². The molecule has 0 saturated carbocycles. The van der Waals surface area contributed by atoms with Gasteiger partial charge in [-0.15, -0.1) is 0 Å². The molecule has 1 fully saturated rings. The number of hydrogen-bond donors (Lipinski definition) is 1. The maximum Gasteiger partial charge on any atom is 0.268 e. The summed E-state index contributed by atoms with van der Waals surface area (Å²) in [5.74, 6) is -3.92. The first-order chi connectivity index (χ1) is 16.8. The molecule has 1 saturated heterocycles. The van der Waals surface area contributed by atoms with Crippen LogP contribution < -0.4 is 10.1 Å². The molecular weight excluding hydrogens is 456 g/mol. The number of rotatable bonds is 6. The molecule has 0 aliphatic carbocycles. The van der Waals surface area contributed by atoms with E-state index in [2.05, 4.69) is 15.3 Å². The lowest BCUT2D eigenvalue weighted by molar-refractivity contribution is -0.131. The third-order valence-electron chi connectivity index (χ3n) is 5.59. The van der Waals surface area contributed by atoms with E-state index in [1.165, 1.54) is 19.4 Å². The smallest absolute Gasteiger partial charge is 0.268 e. The first kappa shape index (κ1) is 23.8. The van der Waals surface area contributed by atoms with Gasteiger partial charge in [-0.25, -0.2) is 13.8 Å². The van der Waals surface area contributed by atoms with Gasteiger partial charge in [0.15, 0.2) is 0 Å². The van der Waals surface area contributed by atoms with E-state index in [-0.39, 0.29) is 5.56 Å². The van der Waals surface area contributed by atoms with Crippen LogP contribution in [0.2, 0.25) is 0 Å². The van der Waals surface area contributed by atoms with Crippen LogP contribution in [0.25, 0.3) is 23.1 Å². The molecular formula is C25H21F2N5O3. The fourth-order valence-corrected chi connectivity index (χ4v) is 3.85. The van der Waals surface area contributed by atoms with E-state index in [0.29, 0.717) is 16.8 Å². The number of pyridine rings is 2. The monoisotopic (exact) mass is 477 g/mol. The Morgan fingerprint density at radius 1 is 1.20 bits per heavy atom. The van der Waals surface area contributed by atoms with Crippen LogP contribution in [-0.4, -0.2) is 58.8 Å². The number of likely N-dealkylation sites (tertiary alicyclic amines) is 1. The zero-order valence-corrected chi connectivity index (χ0v) is 18.7. The van der Waals surface area contributed by atoms with Crippen LogP contribution in [0.5, 0.6) is 5.88 Å². The minimum absolute atomic E-state index is 0.284. The Morgan fingerprint density at radius 3 is 2.69 bits per heavy atom. The molecule has 2 amide bonds. The summed E-state index contributed by atoms with van der Waals surface area (Å²) in [5.41, 5.74) is 2.55. The lowest BCUT2D eigenvalue weighted by Gasteiger charge is -2.19. The van der Waals surface area contributed by atoms with Crippen molar-refractivity contribution in [3.05, 3.63) is 65.5 Å². The first-order valence-corrected chi connectivity index (χ1v) is 10.7.